The van der Waals surface area contributed by atoms with Crippen molar-refractivity contribution in [2.75, 3.05) is 6.54 Å². The molecule has 7 heteroatoms. The molecule has 3 heterocycles. The zero-order valence-electron chi connectivity index (χ0n) is 14.0. The summed E-state index contributed by atoms with van der Waals surface area (Å²) in [6, 6.07) is 14.7. The molecule has 1 amide bonds. The van der Waals surface area contributed by atoms with Crippen molar-refractivity contribution in [3.8, 4) is 0 Å². The summed E-state index contributed by atoms with van der Waals surface area (Å²) in [5.74, 6) is -0.406. The van der Waals surface area contributed by atoms with E-state index < -0.39 is 11.5 Å². The molecule has 27 heavy (non-hydrogen) atoms. The SMILES string of the molecule is O=C(NC[C@](O)(c1ccco1)c1cccs1)c1cc(=O)c2ccccc2o1. The standard InChI is InChI=1S/C20H15NO5S/c22-14-11-16(26-15-6-2-1-5-13(14)15)19(23)21-12-20(24,17-7-3-9-25-17)18-8-4-10-27-18/h1-11,24H,12H2,(H,21,23)/t20-/m0/s1. The lowest BCUT2D eigenvalue weighted by atomic mass is 9.98. The normalized spacial score (nSPS) is 13.4. The fourth-order valence-corrected chi connectivity index (χ4v) is 3.66. The number of hydrogen-bond donors (Lipinski definition) is 2. The maximum absolute atomic E-state index is 12.5. The number of benzene rings is 1. The van der Waals surface area contributed by atoms with Crippen LogP contribution in [-0.2, 0) is 5.60 Å². The van der Waals surface area contributed by atoms with E-state index in [1.54, 1.807) is 48.5 Å². The number of rotatable bonds is 5. The first kappa shape index (κ1) is 17.3. The van der Waals surface area contributed by atoms with Gasteiger partial charge < -0.3 is 19.3 Å². The Hall–Kier alpha value is -3.16. The van der Waals surface area contributed by atoms with E-state index >= 15 is 0 Å². The maximum atomic E-state index is 12.5. The number of thiophene rings is 1. The average Bonchev–Trinajstić information content (AvgIpc) is 3.40. The molecule has 0 aliphatic heterocycles. The molecule has 6 nitrogen and oxygen atoms in total. The lowest BCUT2D eigenvalue weighted by molar-refractivity contribution is 0.0546. The average molecular weight is 381 g/mol. The second-order valence-electron chi connectivity index (χ2n) is 5.97. The van der Waals surface area contributed by atoms with Crippen LogP contribution < -0.4 is 10.7 Å². The molecule has 3 aromatic heterocycles. The summed E-state index contributed by atoms with van der Waals surface area (Å²) in [5.41, 5.74) is -1.50. The predicted octanol–water partition coefficient (Wildman–Crippen LogP) is 3.11. The van der Waals surface area contributed by atoms with E-state index in [0.717, 1.165) is 6.07 Å². The zero-order chi connectivity index (χ0) is 18.9. The Morgan fingerprint density at radius 3 is 2.74 bits per heavy atom. The smallest absolute Gasteiger partial charge is 0.287 e. The van der Waals surface area contributed by atoms with Gasteiger partial charge in [-0.1, -0.05) is 18.2 Å². The summed E-state index contributed by atoms with van der Waals surface area (Å²) in [7, 11) is 0. The van der Waals surface area contributed by atoms with E-state index in [9.17, 15) is 14.7 Å². The highest BCUT2D eigenvalue weighted by Gasteiger charge is 2.36. The van der Waals surface area contributed by atoms with E-state index in [1.165, 1.54) is 17.6 Å². The number of fused-ring (bicyclic) bond motifs is 1. The molecule has 0 bridgehead atoms. The number of amides is 1. The Balaban J connectivity index is 1.62. The highest BCUT2D eigenvalue weighted by Crippen LogP contribution is 2.32. The molecule has 2 N–H and O–H groups in total. The van der Waals surface area contributed by atoms with Crippen molar-refractivity contribution in [3.63, 3.8) is 0 Å². The van der Waals surface area contributed by atoms with Crippen LogP contribution in [0.25, 0.3) is 11.0 Å². The number of nitrogens with one attached hydrogen (secondary N) is 1. The first-order chi connectivity index (χ1) is 13.1. The van der Waals surface area contributed by atoms with Crippen LogP contribution in [0.15, 0.2) is 79.9 Å². The van der Waals surface area contributed by atoms with E-state index in [2.05, 4.69) is 5.32 Å². The maximum Gasteiger partial charge on any atom is 0.287 e. The topological polar surface area (TPSA) is 92.7 Å². The van der Waals surface area contributed by atoms with Crippen LogP contribution in [0.2, 0.25) is 0 Å². The van der Waals surface area contributed by atoms with E-state index in [-0.39, 0.29) is 17.7 Å². The van der Waals surface area contributed by atoms with Crippen LogP contribution in [0.4, 0.5) is 0 Å². The highest BCUT2D eigenvalue weighted by atomic mass is 32.1. The molecule has 0 saturated carbocycles. The van der Waals surface area contributed by atoms with Crippen molar-refractivity contribution in [2.24, 2.45) is 0 Å². The Kier molecular flexibility index (Phi) is 4.39. The summed E-state index contributed by atoms with van der Waals surface area (Å²) in [4.78, 5) is 25.3. The largest absolute Gasteiger partial charge is 0.466 e. The van der Waals surface area contributed by atoms with Crippen LogP contribution in [0, 0.1) is 0 Å². The predicted molar refractivity (Wildman–Crippen MR) is 101 cm³/mol. The molecule has 0 radical (unpaired) electrons. The van der Waals surface area contributed by atoms with Crippen LogP contribution in [-0.4, -0.2) is 17.6 Å². The first-order valence-corrected chi connectivity index (χ1v) is 9.07. The van der Waals surface area contributed by atoms with Gasteiger partial charge >= 0.3 is 0 Å². The van der Waals surface area contributed by atoms with Gasteiger partial charge in [-0.05, 0) is 35.7 Å². The monoisotopic (exact) mass is 381 g/mol. The van der Waals surface area contributed by atoms with E-state index in [1.807, 2.05) is 5.38 Å². The fraction of sp³-hybridized carbons (Fsp3) is 0.100. The first-order valence-electron chi connectivity index (χ1n) is 8.19. The van der Waals surface area contributed by atoms with Gasteiger partial charge in [0, 0.05) is 10.9 Å². The second-order valence-corrected chi connectivity index (χ2v) is 6.92. The quantitative estimate of drug-likeness (QED) is 0.554. The molecule has 136 valence electrons. The van der Waals surface area contributed by atoms with Gasteiger partial charge in [-0.25, -0.2) is 0 Å². The number of carbonyl (C=O) groups excluding carboxylic acids is 1. The van der Waals surface area contributed by atoms with Gasteiger partial charge in [-0.15, -0.1) is 11.3 Å². The van der Waals surface area contributed by atoms with Crippen molar-refractivity contribution >= 4 is 28.2 Å². The van der Waals surface area contributed by atoms with Gasteiger partial charge in [0.25, 0.3) is 5.91 Å². The lowest BCUT2D eigenvalue weighted by Crippen LogP contribution is -2.41. The minimum atomic E-state index is -1.52. The van der Waals surface area contributed by atoms with Gasteiger partial charge in [0.15, 0.2) is 16.8 Å². The van der Waals surface area contributed by atoms with Gasteiger partial charge in [0.1, 0.15) is 11.3 Å². The Bertz CT molecular complexity index is 1090. The number of aliphatic hydroxyl groups is 1. The summed E-state index contributed by atoms with van der Waals surface area (Å²) in [6.07, 6.45) is 1.46. The Morgan fingerprint density at radius 2 is 2.00 bits per heavy atom. The van der Waals surface area contributed by atoms with E-state index in [0.29, 0.717) is 21.6 Å². The molecule has 0 fully saturated rings. The van der Waals surface area contributed by atoms with Gasteiger partial charge in [0.05, 0.1) is 18.2 Å². The van der Waals surface area contributed by atoms with Crippen molar-refractivity contribution in [2.45, 2.75) is 5.60 Å². The van der Waals surface area contributed by atoms with Crippen molar-refractivity contribution in [1.29, 1.82) is 0 Å². The highest BCUT2D eigenvalue weighted by molar-refractivity contribution is 7.10. The summed E-state index contributed by atoms with van der Waals surface area (Å²) < 4.78 is 10.9. The molecule has 4 aromatic rings. The van der Waals surface area contributed by atoms with Gasteiger partial charge in [-0.2, -0.15) is 0 Å². The van der Waals surface area contributed by atoms with Crippen LogP contribution >= 0.6 is 11.3 Å². The molecule has 4 rings (SSSR count). The number of hydrogen-bond acceptors (Lipinski definition) is 6. The number of para-hydroxylation sites is 1. The molecule has 1 atom stereocenters. The molecule has 0 aliphatic rings. The van der Waals surface area contributed by atoms with Crippen LogP contribution in [0.5, 0.6) is 0 Å². The third kappa shape index (κ3) is 3.18. The molecule has 0 saturated heterocycles. The van der Waals surface area contributed by atoms with Crippen molar-refractivity contribution < 1.29 is 18.7 Å². The molecule has 1 aromatic carbocycles. The number of furan rings is 1. The van der Waals surface area contributed by atoms with Gasteiger partial charge in [0.2, 0.25) is 0 Å². The molecule has 0 aliphatic carbocycles. The minimum Gasteiger partial charge on any atom is -0.466 e. The third-order valence-corrected chi connectivity index (χ3v) is 5.24. The van der Waals surface area contributed by atoms with Gasteiger partial charge in [-0.3, -0.25) is 9.59 Å². The van der Waals surface area contributed by atoms with E-state index in [4.69, 9.17) is 8.83 Å². The zero-order valence-corrected chi connectivity index (χ0v) is 14.9. The fourth-order valence-electron chi connectivity index (χ4n) is 2.83. The Labute approximate surface area is 157 Å². The minimum absolute atomic E-state index is 0.119. The van der Waals surface area contributed by atoms with Crippen LogP contribution in [0.3, 0.4) is 0 Å². The summed E-state index contributed by atoms with van der Waals surface area (Å²) in [5, 5.41) is 16.0. The summed E-state index contributed by atoms with van der Waals surface area (Å²) >= 11 is 1.35. The second kappa shape index (κ2) is 6.86. The van der Waals surface area contributed by atoms with Crippen molar-refractivity contribution in [3.05, 3.63) is 92.9 Å². The van der Waals surface area contributed by atoms with Crippen molar-refractivity contribution in [1.82, 2.24) is 5.32 Å². The third-order valence-electron chi connectivity index (χ3n) is 4.22. The molecule has 0 unspecified atom stereocenters. The lowest BCUT2D eigenvalue weighted by Gasteiger charge is -2.25. The molecular weight excluding hydrogens is 366 g/mol. The molecule has 0 spiro atoms. The van der Waals surface area contributed by atoms with Crippen LogP contribution in [0.1, 0.15) is 21.2 Å². The Morgan fingerprint density at radius 1 is 1.15 bits per heavy atom. The molecular formula is C20H15NO5S. The number of carbonyl (C=O) groups is 1. The summed E-state index contributed by atoms with van der Waals surface area (Å²) in [6.45, 7) is -0.142.